The van der Waals surface area contributed by atoms with Crippen molar-refractivity contribution in [3.05, 3.63) is 52.0 Å². The first-order chi connectivity index (χ1) is 11.0. The van der Waals surface area contributed by atoms with Gasteiger partial charge in [-0.15, -0.1) is 0 Å². The van der Waals surface area contributed by atoms with E-state index in [2.05, 4.69) is 26.0 Å². The van der Waals surface area contributed by atoms with Crippen LogP contribution in [0.5, 0.6) is 0 Å². The number of H-pyrrole nitrogens is 1. The van der Waals surface area contributed by atoms with E-state index in [0.29, 0.717) is 12.2 Å². The molecule has 0 aliphatic carbocycles. The average Bonchev–Trinajstić information content (AvgIpc) is 3.11. The van der Waals surface area contributed by atoms with Crippen LogP contribution in [0.4, 0.5) is 5.69 Å². The number of fused-ring (bicyclic) bond motifs is 2. The van der Waals surface area contributed by atoms with E-state index in [1.807, 2.05) is 49.6 Å². The quantitative estimate of drug-likeness (QED) is 0.713. The molecule has 1 amide bonds. The van der Waals surface area contributed by atoms with Crippen LogP contribution in [-0.4, -0.2) is 39.1 Å². The van der Waals surface area contributed by atoms with Crippen molar-refractivity contribution in [2.24, 2.45) is 0 Å². The number of amides is 1. The summed E-state index contributed by atoms with van der Waals surface area (Å²) in [7, 11) is 1.92. The molecule has 0 fully saturated rings. The standard InChI is InChI=1S/C16H16BrN5O/c1-10-8-18-13-5-6-22(20(2)15(10)13)16(23)14-7-12-4-3-11(17)9-21(12)19-14/h3-4,7-9,18H,5-6H2,1-2H3. The van der Waals surface area contributed by atoms with Gasteiger partial charge in [0, 0.05) is 42.6 Å². The third-order valence-corrected chi connectivity index (χ3v) is 4.73. The van der Waals surface area contributed by atoms with E-state index in [9.17, 15) is 4.79 Å². The Morgan fingerprint density at radius 2 is 2.22 bits per heavy atom. The fraction of sp³-hybridized carbons (Fsp3) is 0.250. The van der Waals surface area contributed by atoms with E-state index in [4.69, 9.17) is 0 Å². The lowest BCUT2D eigenvalue weighted by molar-refractivity contribution is 0.0732. The third kappa shape index (κ3) is 2.23. The summed E-state index contributed by atoms with van der Waals surface area (Å²) in [4.78, 5) is 16.2. The molecule has 0 radical (unpaired) electrons. The Kier molecular flexibility index (Phi) is 3.19. The second-order valence-corrected chi connectivity index (χ2v) is 6.66. The van der Waals surface area contributed by atoms with E-state index < -0.39 is 0 Å². The first-order valence-corrected chi connectivity index (χ1v) is 8.21. The fourth-order valence-electron chi connectivity index (χ4n) is 3.14. The maximum Gasteiger partial charge on any atom is 0.292 e. The number of aryl methyl sites for hydroxylation is 1. The van der Waals surface area contributed by atoms with Gasteiger partial charge in [0.2, 0.25) is 0 Å². The summed E-state index contributed by atoms with van der Waals surface area (Å²) < 4.78 is 2.64. The largest absolute Gasteiger partial charge is 0.363 e. The molecule has 0 spiro atoms. The monoisotopic (exact) mass is 373 g/mol. The van der Waals surface area contributed by atoms with Crippen molar-refractivity contribution in [2.45, 2.75) is 13.3 Å². The molecule has 6 nitrogen and oxygen atoms in total. The number of hydrogen-bond donors (Lipinski definition) is 1. The molecule has 3 aromatic rings. The Morgan fingerprint density at radius 1 is 1.39 bits per heavy atom. The molecule has 1 aliphatic rings. The second kappa shape index (κ2) is 5.13. The Labute approximate surface area is 141 Å². The zero-order valence-corrected chi connectivity index (χ0v) is 14.5. The lowest BCUT2D eigenvalue weighted by atomic mass is 10.1. The van der Waals surface area contributed by atoms with Gasteiger partial charge in [-0.25, -0.2) is 9.52 Å². The number of rotatable bonds is 1. The van der Waals surface area contributed by atoms with Gasteiger partial charge >= 0.3 is 0 Å². The van der Waals surface area contributed by atoms with Gasteiger partial charge < -0.3 is 4.98 Å². The molecular formula is C16H16BrN5O. The highest BCUT2D eigenvalue weighted by atomic mass is 79.9. The van der Waals surface area contributed by atoms with Crippen molar-refractivity contribution in [3.63, 3.8) is 0 Å². The summed E-state index contributed by atoms with van der Waals surface area (Å²) in [6.07, 6.45) is 4.65. The number of hydrogen-bond acceptors (Lipinski definition) is 3. The van der Waals surface area contributed by atoms with Crippen molar-refractivity contribution >= 4 is 33.0 Å². The van der Waals surface area contributed by atoms with Crippen molar-refractivity contribution in [1.82, 2.24) is 19.6 Å². The molecule has 23 heavy (non-hydrogen) atoms. The van der Waals surface area contributed by atoms with Crippen LogP contribution in [0.2, 0.25) is 0 Å². The van der Waals surface area contributed by atoms with Crippen LogP contribution in [0.25, 0.3) is 5.52 Å². The molecule has 0 atom stereocenters. The molecule has 0 aromatic carbocycles. The first kappa shape index (κ1) is 14.3. The molecule has 0 bridgehead atoms. The van der Waals surface area contributed by atoms with Crippen molar-refractivity contribution in [2.75, 3.05) is 18.6 Å². The van der Waals surface area contributed by atoms with Crippen LogP contribution in [-0.2, 0) is 6.42 Å². The van der Waals surface area contributed by atoms with Gasteiger partial charge in [-0.1, -0.05) is 0 Å². The van der Waals surface area contributed by atoms with Crippen LogP contribution in [0.3, 0.4) is 0 Å². The molecule has 4 heterocycles. The van der Waals surface area contributed by atoms with Gasteiger partial charge in [-0.2, -0.15) is 5.10 Å². The minimum absolute atomic E-state index is 0.0847. The Morgan fingerprint density at radius 3 is 3.04 bits per heavy atom. The summed E-state index contributed by atoms with van der Waals surface area (Å²) in [6.45, 7) is 2.68. The molecule has 1 aliphatic heterocycles. The van der Waals surface area contributed by atoms with Crippen LogP contribution in [0, 0.1) is 6.92 Å². The molecule has 3 aromatic heterocycles. The number of halogens is 1. The van der Waals surface area contributed by atoms with Gasteiger partial charge in [-0.05, 0) is 46.6 Å². The van der Waals surface area contributed by atoms with E-state index >= 15 is 0 Å². The third-order valence-electron chi connectivity index (χ3n) is 4.26. The summed E-state index contributed by atoms with van der Waals surface area (Å²) in [5, 5.41) is 8.08. The first-order valence-electron chi connectivity index (χ1n) is 7.42. The SMILES string of the molecule is Cc1c[nH]c2c1N(C)N(C(=O)c1cc3ccc(Br)cn3n1)CC2. The number of aromatic nitrogens is 3. The number of aromatic amines is 1. The Bertz CT molecular complexity index is 912. The molecule has 1 N–H and O–H groups in total. The lowest BCUT2D eigenvalue weighted by Gasteiger charge is -2.37. The fourth-order valence-corrected chi connectivity index (χ4v) is 3.46. The normalized spacial score (nSPS) is 14.4. The maximum absolute atomic E-state index is 12.9. The van der Waals surface area contributed by atoms with Gasteiger partial charge in [0.15, 0.2) is 5.69 Å². The lowest BCUT2D eigenvalue weighted by Crippen LogP contribution is -2.48. The predicted octanol–water partition coefficient (Wildman–Crippen LogP) is 2.78. The number of hydrazine groups is 1. The number of nitrogens with one attached hydrogen (secondary N) is 1. The Balaban J connectivity index is 1.69. The van der Waals surface area contributed by atoms with Gasteiger partial charge in [0.25, 0.3) is 5.91 Å². The average molecular weight is 374 g/mol. The molecule has 0 saturated carbocycles. The number of carbonyl (C=O) groups excluding carboxylic acids is 1. The zero-order valence-electron chi connectivity index (χ0n) is 12.9. The Hall–Kier alpha value is -2.28. The van der Waals surface area contributed by atoms with Crippen LogP contribution >= 0.6 is 15.9 Å². The molecule has 0 saturated heterocycles. The van der Waals surface area contributed by atoms with Crippen molar-refractivity contribution in [1.29, 1.82) is 0 Å². The summed E-state index contributed by atoms with van der Waals surface area (Å²) in [5.74, 6) is -0.0847. The highest BCUT2D eigenvalue weighted by Gasteiger charge is 2.29. The van der Waals surface area contributed by atoms with E-state index in [1.54, 1.807) is 9.52 Å². The number of pyridine rings is 1. The van der Waals surface area contributed by atoms with E-state index in [0.717, 1.165) is 27.7 Å². The summed E-state index contributed by atoms with van der Waals surface area (Å²) >= 11 is 3.42. The van der Waals surface area contributed by atoms with Crippen molar-refractivity contribution < 1.29 is 4.79 Å². The molecule has 7 heteroatoms. The molecule has 0 unspecified atom stereocenters. The van der Waals surface area contributed by atoms with Crippen LogP contribution in [0.15, 0.2) is 35.1 Å². The highest BCUT2D eigenvalue weighted by molar-refractivity contribution is 9.10. The van der Waals surface area contributed by atoms with Gasteiger partial charge in [-0.3, -0.25) is 9.80 Å². The zero-order chi connectivity index (χ0) is 16.1. The van der Waals surface area contributed by atoms with E-state index in [-0.39, 0.29) is 5.91 Å². The predicted molar refractivity (Wildman–Crippen MR) is 91.6 cm³/mol. The van der Waals surface area contributed by atoms with Gasteiger partial charge in [0.05, 0.1) is 11.2 Å². The summed E-state index contributed by atoms with van der Waals surface area (Å²) in [5.41, 5.74) is 4.74. The number of carbonyl (C=O) groups is 1. The minimum atomic E-state index is -0.0847. The molecule has 4 rings (SSSR count). The second-order valence-electron chi connectivity index (χ2n) is 5.75. The van der Waals surface area contributed by atoms with Crippen molar-refractivity contribution in [3.8, 4) is 0 Å². The summed E-state index contributed by atoms with van der Waals surface area (Å²) in [6, 6.07) is 5.69. The van der Waals surface area contributed by atoms with E-state index in [1.165, 1.54) is 5.69 Å². The molecule has 118 valence electrons. The molecular weight excluding hydrogens is 358 g/mol. The minimum Gasteiger partial charge on any atom is -0.363 e. The maximum atomic E-state index is 12.9. The number of nitrogens with zero attached hydrogens (tertiary/aromatic N) is 4. The van der Waals surface area contributed by atoms with Gasteiger partial charge in [0.1, 0.15) is 0 Å². The van der Waals surface area contributed by atoms with Crippen LogP contribution < -0.4 is 5.01 Å². The smallest absolute Gasteiger partial charge is 0.292 e. The topological polar surface area (TPSA) is 56.6 Å². The number of anilines is 1. The highest BCUT2D eigenvalue weighted by Crippen LogP contribution is 2.30. The van der Waals surface area contributed by atoms with Crippen LogP contribution in [0.1, 0.15) is 21.7 Å².